The number of hydrogen-bond acceptors (Lipinski definition) is 2. The van der Waals surface area contributed by atoms with Gasteiger partial charge in [0.2, 0.25) is 0 Å². The third kappa shape index (κ3) is 3.09. The smallest absolute Gasteiger partial charge is 0.323 e. The van der Waals surface area contributed by atoms with Crippen molar-refractivity contribution in [2.75, 3.05) is 10.6 Å². The van der Waals surface area contributed by atoms with Crippen LogP contribution in [0.4, 0.5) is 16.2 Å². The normalized spacial score (nSPS) is 10.1. The molecule has 0 spiro atoms. The van der Waals surface area contributed by atoms with Crippen LogP contribution in [0.3, 0.4) is 0 Å². The van der Waals surface area contributed by atoms with Crippen LogP contribution in [-0.4, -0.2) is 11.1 Å². The zero-order valence-corrected chi connectivity index (χ0v) is 11.6. The Labute approximate surface area is 118 Å². The van der Waals surface area contributed by atoms with Crippen molar-refractivity contribution in [1.82, 2.24) is 0 Å². The summed E-state index contributed by atoms with van der Waals surface area (Å²) in [6.07, 6.45) is 0.841. The average molecular weight is 270 g/mol. The molecule has 2 aromatic carbocycles. The lowest BCUT2D eigenvalue weighted by Crippen LogP contribution is -2.20. The molecule has 0 aliphatic carbocycles. The van der Waals surface area contributed by atoms with E-state index in [2.05, 4.69) is 10.6 Å². The number of rotatable bonds is 3. The van der Waals surface area contributed by atoms with Crippen molar-refractivity contribution in [3.8, 4) is 5.75 Å². The molecule has 0 aromatic heterocycles. The minimum atomic E-state index is -0.365. The first-order valence-electron chi connectivity index (χ1n) is 6.56. The molecule has 3 N–H and O–H groups in total. The molecule has 0 bridgehead atoms. The summed E-state index contributed by atoms with van der Waals surface area (Å²) in [7, 11) is 0. The van der Waals surface area contributed by atoms with Crippen LogP contribution >= 0.6 is 0 Å². The van der Waals surface area contributed by atoms with Gasteiger partial charge in [-0.3, -0.25) is 0 Å². The highest BCUT2D eigenvalue weighted by Gasteiger charge is 2.09. The summed E-state index contributed by atoms with van der Waals surface area (Å²) in [5.41, 5.74) is 3.30. The van der Waals surface area contributed by atoms with Crippen molar-refractivity contribution < 1.29 is 9.90 Å². The molecule has 0 saturated heterocycles. The Kier molecular flexibility index (Phi) is 4.25. The number of amides is 2. The van der Waals surface area contributed by atoms with E-state index in [0.717, 1.165) is 23.2 Å². The standard InChI is InChI=1S/C16H18N2O2/c1-3-12-8-6-7-11(2)15(12)18-16(20)17-13-9-4-5-10-14(13)19/h4-10,19H,3H2,1-2H3,(H2,17,18,20). The number of anilines is 2. The number of urea groups is 1. The number of aromatic hydroxyl groups is 1. The molecule has 0 aliphatic heterocycles. The third-order valence-corrected chi connectivity index (χ3v) is 3.13. The number of phenols is 1. The van der Waals surface area contributed by atoms with Crippen molar-refractivity contribution in [1.29, 1.82) is 0 Å². The van der Waals surface area contributed by atoms with Gasteiger partial charge in [-0.25, -0.2) is 4.79 Å². The number of phenolic OH excluding ortho intramolecular Hbond substituents is 1. The van der Waals surface area contributed by atoms with E-state index in [0.29, 0.717) is 5.69 Å². The third-order valence-electron chi connectivity index (χ3n) is 3.13. The summed E-state index contributed by atoms with van der Waals surface area (Å²) in [6.45, 7) is 4.00. The van der Waals surface area contributed by atoms with Gasteiger partial charge in [0.1, 0.15) is 5.75 Å². The fourth-order valence-corrected chi connectivity index (χ4v) is 2.05. The predicted octanol–water partition coefficient (Wildman–Crippen LogP) is 3.91. The highest BCUT2D eigenvalue weighted by molar-refractivity contribution is 6.01. The molecule has 0 heterocycles. The summed E-state index contributed by atoms with van der Waals surface area (Å²) >= 11 is 0. The summed E-state index contributed by atoms with van der Waals surface area (Å²) in [5.74, 6) is 0.0446. The van der Waals surface area contributed by atoms with Gasteiger partial charge in [0.05, 0.1) is 5.69 Å². The predicted molar refractivity (Wildman–Crippen MR) is 81.3 cm³/mol. The first kappa shape index (κ1) is 13.9. The molecule has 0 unspecified atom stereocenters. The number of nitrogens with one attached hydrogen (secondary N) is 2. The van der Waals surface area contributed by atoms with Crippen molar-refractivity contribution in [3.05, 3.63) is 53.6 Å². The van der Waals surface area contributed by atoms with Crippen LogP contribution in [0.2, 0.25) is 0 Å². The highest BCUT2D eigenvalue weighted by atomic mass is 16.3. The SMILES string of the molecule is CCc1cccc(C)c1NC(=O)Nc1ccccc1O. The molecule has 0 fully saturated rings. The molecule has 0 saturated carbocycles. The van der Waals surface area contributed by atoms with E-state index in [1.165, 1.54) is 6.07 Å². The number of carbonyl (C=O) groups is 1. The van der Waals surface area contributed by atoms with E-state index in [-0.39, 0.29) is 11.8 Å². The summed E-state index contributed by atoms with van der Waals surface area (Å²) in [6, 6.07) is 12.2. The zero-order valence-electron chi connectivity index (χ0n) is 11.6. The maximum Gasteiger partial charge on any atom is 0.323 e. The minimum Gasteiger partial charge on any atom is -0.506 e. The van der Waals surface area contributed by atoms with Crippen LogP contribution in [0.1, 0.15) is 18.1 Å². The van der Waals surface area contributed by atoms with Gasteiger partial charge in [0.25, 0.3) is 0 Å². The summed E-state index contributed by atoms with van der Waals surface area (Å²) in [5, 5.41) is 15.1. The van der Waals surface area contributed by atoms with Crippen molar-refractivity contribution in [2.24, 2.45) is 0 Å². The van der Waals surface area contributed by atoms with Gasteiger partial charge in [-0.2, -0.15) is 0 Å². The fraction of sp³-hybridized carbons (Fsp3) is 0.188. The van der Waals surface area contributed by atoms with Crippen LogP contribution in [0, 0.1) is 6.92 Å². The Balaban J connectivity index is 2.15. The minimum absolute atomic E-state index is 0.0446. The van der Waals surface area contributed by atoms with E-state index >= 15 is 0 Å². The lowest BCUT2D eigenvalue weighted by atomic mass is 10.1. The second kappa shape index (κ2) is 6.10. The lowest BCUT2D eigenvalue weighted by molar-refractivity contribution is 0.262. The molecule has 20 heavy (non-hydrogen) atoms. The molecule has 2 amide bonds. The maximum atomic E-state index is 12.0. The number of para-hydroxylation sites is 3. The summed E-state index contributed by atoms with van der Waals surface area (Å²) < 4.78 is 0. The maximum absolute atomic E-state index is 12.0. The Bertz CT molecular complexity index is 624. The molecule has 4 heteroatoms. The second-order valence-electron chi connectivity index (χ2n) is 4.56. The summed E-state index contributed by atoms with van der Waals surface area (Å²) in [4.78, 5) is 12.0. The molecule has 0 radical (unpaired) electrons. The number of benzene rings is 2. The highest BCUT2D eigenvalue weighted by Crippen LogP contribution is 2.24. The van der Waals surface area contributed by atoms with Gasteiger partial charge >= 0.3 is 6.03 Å². The molecule has 2 aromatic rings. The Hall–Kier alpha value is -2.49. The van der Waals surface area contributed by atoms with Crippen molar-refractivity contribution in [3.63, 3.8) is 0 Å². The topological polar surface area (TPSA) is 61.4 Å². The van der Waals surface area contributed by atoms with E-state index in [4.69, 9.17) is 0 Å². The number of hydrogen-bond donors (Lipinski definition) is 3. The second-order valence-corrected chi connectivity index (χ2v) is 4.56. The Morgan fingerprint density at radius 2 is 1.85 bits per heavy atom. The number of carbonyl (C=O) groups excluding carboxylic acids is 1. The Morgan fingerprint density at radius 1 is 1.10 bits per heavy atom. The van der Waals surface area contributed by atoms with E-state index in [1.54, 1.807) is 18.2 Å². The first-order valence-corrected chi connectivity index (χ1v) is 6.56. The molecular weight excluding hydrogens is 252 g/mol. The van der Waals surface area contributed by atoms with Crippen molar-refractivity contribution in [2.45, 2.75) is 20.3 Å². The van der Waals surface area contributed by atoms with E-state index in [9.17, 15) is 9.90 Å². The first-order chi connectivity index (χ1) is 9.61. The molecule has 4 nitrogen and oxygen atoms in total. The zero-order chi connectivity index (χ0) is 14.5. The van der Waals surface area contributed by atoms with Crippen molar-refractivity contribution >= 4 is 17.4 Å². The van der Waals surface area contributed by atoms with Crippen LogP contribution in [-0.2, 0) is 6.42 Å². The van der Waals surface area contributed by atoms with Gasteiger partial charge in [0.15, 0.2) is 0 Å². The molecular formula is C16H18N2O2. The largest absolute Gasteiger partial charge is 0.506 e. The van der Waals surface area contributed by atoms with Gasteiger partial charge in [-0.1, -0.05) is 37.3 Å². The molecule has 104 valence electrons. The van der Waals surface area contributed by atoms with Gasteiger partial charge in [-0.05, 0) is 36.6 Å². The fourth-order valence-electron chi connectivity index (χ4n) is 2.05. The quantitative estimate of drug-likeness (QED) is 0.740. The molecule has 0 aliphatic rings. The Morgan fingerprint density at radius 3 is 2.55 bits per heavy atom. The van der Waals surface area contributed by atoms with Gasteiger partial charge < -0.3 is 15.7 Å². The van der Waals surface area contributed by atoms with Crippen LogP contribution < -0.4 is 10.6 Å². The van der Waals surface area contributed by atoms with E-state index in [1.807, 2.05) is 32.0 Å². The lowest BCUT2D eigenvalue weighted by Gasteiger charge is -2.14. The van der Waals surface area contributed by atoms with Gasteiger partial charge in [0, 0.05) is 5.69 Å². The van der Waals surface area contributed by atoms with Crippen LogP contribution in [0.25, 0.3) is 0 Å². The van der Waals surface area contributed by atoms with Crippen LogP contribution in [0.15, 0.2) is 42.5 Å². The molecule has 0 atom stereocenters. The van der Waals surface area contributed by atoms with E-state index < -0.39 is 0 Å². The number of aryl methyl sites for hydroxylation is 2. The average Bonchev–Trinajstić information content (AvgIpc) is 2.43. The monoisotopic (exact) mass is 270 g/mol. The van der Waals surface area contributed by atoms with Gasteiger partial charge in [-0.15, -0.1) is 0 Å². The molecule has 2 rings (SSSR count). The van der Waals surface area contributed by atoms with Crippen LogP contribution in [0.5, 0.6) is 5.75 Å².